The molecular weight excluding hydrogens is 247 g/mol. The van der Waals surface area contributed by atoms with Crippen molar-refractivity contribution in [3.8, 4) is 0 Å². The zero-order valence-electron chi connectivity index (χ0n) is 9.41. The van der Waals surface area contributed by atoms with Crippen molar-refractivity contribution in [2.75, 3.05) is 32.1 Å². The van der Waals surface area contributed by atoms with Crippen LogP contribution in [0.3, 0.4) is 0 Å². The molecule has 0 aromatic heterocycles. The minimum atomic E-state index is -0.573. The highest BCUT2D eigenvalue weighted by Crippen LogP contribution is 2.18. The van der Waals surface area contributed by atoms with Gasteiger partial charge in [-0.3, -0.25) is 9.69 Å². The maximum atomic E-state index is 13.3. The van der Waals surface area contributed by atoms with Crippen LogP contribution in [0.4, 0.5) is 10.1 Å². The Hall–Kier alpha value is -1.17. The highest BCUT2D eigenvalue weighted by molar-refractivity contribution is 6.30. The lowest BCUT2D eigenvalue weighted by atomic mass is 10.3. The minimum Gasteiger partial charge on any atom is -0.395 e. The summed E-state index contributed by atoms with van der Waals surface area (Å²) >= 11 is 5.59. The topological polar surface area (TPSA) is 52.6 Å². The molecule has 1 rings (SSSR count). The highest BCUT2D eigenvalue weighted by atomic mass is 35.5. The van der Waals surface area contributed by atoms with Gasteiger partial charge in [0.1, 0.15) is 5.82 Å². The summed E-state index contributed by atoms with van der Waals surface area (Å²) in [5, 5.41) is 11.4. The van der Waals surface area contributed by atoms with Crippen molar-refractivity contribution >= 4 is 23.2 Å². The van der Waals surface area contributed by atoms with Crippen LogP contribution in [0.25, 0.3) is 0 Å². The lowest BCUT2D eigenvalue weighted by molar-refractivity contribution is -0.117. The average Bonchev–Trinajstić information content (AvgIpc) is 2.22. The third-order valence-corrected chi connectivity index (χ3v) is 2.34. The van der Waals surface area contributed by atoms with E-state index in [1.54, 1.807) is 11.9 Å². The zero-order chi connectivity index (χ0) is 12.8. The number of carbonyl (C=O) groups is 1. The quantitative estimate of drug-likeness (QED) is 0.840. The summed E-state index contributed by atoms with van der Waals surface area (Å²) in [6.45, 7) is 0.443. The van der Waals surface area contributed by atoms with Crippen molar-refractivity contribution in [3.05, 3.63) is 29.0 Å². The third-order valence-electron chi connectivity index (χ3n) is 2.10. The Balaban J connectivity index is 2.56. The number of aliphatic hydroxyl groups is 1. The van der Waals surface area contributed by atoms with E-state index in [2.05, 4.69) is 5.32 Å². The van der Waals surface area contributed by atoms with Crippen LogP contribution in [0.2, 0.25) is 5.02 Å². The first-order valence-electron chi connectivity index (χ1n) is 5.07. The van der Waals surface area contributed by atoms with Gasteiger partial charge in [0.25, 0.3) is 0 Å². The van der Waals surface area contributed by atoms with E-state index in [0.717, 1.165) is 6.07 Å². The molecule has 0 unspecified atom stereocenters. The molecule has 0 heterocycles. The summed E-state index contributed by atoms with van der Waals surface area (Å²) in [6, 6.07) is 4.04. The van der Waals surface area contributed by atoms with E-state index in [-0.39, 0.29) is 29.8 Å². The summed E-state index contributed by atoms with van der Waals surface area (Å²) in [6.07, 6.45) is 0. The molecule has 0 fully saturated rings. The Morgan fingerprint density at radius 2 is 2.29 bits per heavy atom. The molecule has 1 amide bonds. The van der Waals surface area contributed by atoms with Crippen LogP contribution in [-0.4, -0.2) is 42.7 Å². The number of nitrogens with one attached hydrogen (secondary N) is 1. The molecule has 1 aromatic rings. The monoisotopic (exact) mass is 260 g/mol. The van der Waals surface area contributed by atoms with Crippen molar-refractivity contribution in [1.82, 2.24) is 4.90 Å². The van der Waals surface area contributed by atoms with Gasteiger partial charge in [0.2, 0.25) is 5.91 Å². The van der Waals surface area contributed by atoms with Gasteiger partial charge in [-0.25, -0.2) is 4.39 Å². The van der Waals surface area contributed by atoms with Crippen molar-refractivity contribution in [2.24, 2.45) is 0 Å². The molecule has 1 aromatic carbocycles. The van der Waals surface area contributed by atoms with Gasteiger partial charge in [-0.05, 0) is 25.2 Å². The molecule has 0 saturated heterocycles. The van der Waals surface area contributed by atoms with Crippen molar-refractivity contribution < 1.29 is 14.3 Å². The molecule has 4 nitrogen and oxygen atoms in total. The maximum absolute atomic E-state index is 13.3. The smallest absolute Gasteiger partial charge is 0.238 e. The molecule has 0 aliphatic heterocycles. The first-order chi connectivity index (χ1) is 8.02. The van der Waals surface area contributed by atoms with Crippen LogP contribution in [0.1, 0.15) is 0 Å². The molecule has 94 valence electrons. The Morgan fingerprint density at radius 1 is 1.59 bits per heavy atom. The molecule has 0 bridgehead atoms. The number of benzene rings is 1. The van der Waals surface area contributed by atoms with Gasteiger partial charge in [0, 0.05) is 11.6 Å². The summed E-state index contributed by atoms with van der Waals surface area (Å²) < 4.78 is 13.3. The Bertz CT molecular complexity index is 401. The Morgan fingerprint density at radius 3 is 2.88 bits per heavy atom. The van der Waals surface area contributed by atoms with Crippen LogP contribution in [0.15, 0.2) is 18.2 Å². The third kappa shape index (κ3) is 4.68. The van der Waals surface area contributed by atoms with Crippen LogP contribution >= 0.6 is 11.6 Å². The number of amides is 1. The molecule has 0 spiro atoms. The molecule has 17 heavy (non-hydrogen) atoms. The number of carbonyl (C=O) groups excluding carboxylic acids is 1. The maximum Gasteiger partial charge on any atom is 0.238 e. The highest BCUT2D eigenvalue weighted by Gasteiger charge is 2.09. The van der Waals surface area contributed by atoms with Gasteiger partial charge in [0.15, 0.2) is 0 Å². The zero-order valence-corrected chi connectivity index (χ0v) is 10.2. The summed E-state index contributed by atoms with van der Waals surface area (Å²) in [4.78, 5) is 13.1. The van der Waals surface area contributed by atoms with Gasteiger partial charge in [0.05, 0.1) is 18.8 Å². The number of aliphatic hydroxyl groups excluding tert-OH is 1. The van der Waals surface area contributed by atoms with Gasteiger partial charge in [-0.15, -0.1) is 0 Å². The number of hydrogen-bond donors (Lipinski definition) is 2. The number of hydrogen-bond acceptors (Lipinski definition) is 3. The summed E-state index contributed by atoms with van der Waals surface area (Å²) in [5.41, 5.74) is 0.0943. The largest absolute Gasteiger partial charge is 0.395 e. The molecule has 0 aliphatic rings. The number of nitrogens with zero attached hydrogens (tertiary/aromatic N) is 1. The SMILES string of the molecule is CN(CCO)CC(=O)Nc1ccc(Cl)cc1F. The second-order valence-electron chi connectivity index (χ2n) is 3.63. The summed E-state index contributed by atoms with van der Waals surface area (Å²) in [7, 11) is 1.69. The Kier molecular flexibility index (Phi) is 5.34. The normalized spacial score (nSPS) is 10.6. The second kappa shape index (κ2) is 6.54. The lowest BCUT2D eigenvalue weighted by Gasteiger charge is -2.14. The average molecular weight is 261 g/mol. The molecule has 0 atom stereocenters. The first-order valence-corrected chi connectivity index (χ1v) is 5.45. The molecule has 2 N–H and O–H groups in total. The molecular formula is C11H14ClFN2O2. The fourth-order valence-corrected chi connectivity index (χ4v) is 1.43. The number of halogens is 2. The number of anilines is 1. The van der Waals surface area contributed by atoms with E-state index in [1.165, 1.54) is 12.1 Å². The first kappa shape index (κ1) is 13.9. The van der Waals surface area contributed by atoms with Crippen LogP contribution in [-0.2, 0) is 4.79 Å². The molecule has 0 saturated carbocycles. The molecule has 0 aliphatic carbocycles. The van der Waals surface area contributed by atoms with Crippen LogP contribution < -0.4 is 5.32 Å². The minimum absolute atomic E-state index is 0.0287. The van der Waals surface area contributed by atoms with Crippen molar-refractivity contribution in [1.29, 1.82) is 0 Å². The van der Waals surface area contributed by atoms with Crippen LogP contribution in [0, 0.1) is 5.82 Å². The molecule has 0 radical (unpaired) electrons. The Labute approximate surface area is 104 Å². The predicted molar refractivity (Wildman–Crippen MR) is 64.6 cm³/mol. The van der Waals surface area contributed by atoms with Crippen molar-refractivity contribution in [2.45, 2.75) is 0 Å². The summed E-state index contributed by atoms with van der Waals surface area (Å²) in [5.74, 6) is -0.919. The van der Waals surface area contributed by atoms with Gasteiger partial charge < -0.3 is 10.4 Å². The van der Waals surface area contributed by atoms with E-state index >= 15 is 0 Å². The number of likely N-dealkylation sites (N-methyl/N-ethyl adjacent to an activating group) is 1. The van der Waals surface area contributed by atoms with Gasteiger partial charge >= 0.3 is 0 Å². The van der Waals surface area contributed by atoms with Crippen molar-refractivity contribution in [3.63, 3.8) is 0 Å². The van der Waals surface area contributed by atoms with E-state index in [0.29, 0.717) is 6.54 Å². The predicted octanol–water partition coefficient (Wildman–Crippen LogP) is 1.34. The van der Waals surface area contributed by atoms with E-state index in [9.17, 15) is 9.18 Å². The van der Waals surface area contributed by atoms with Gasteiger partial charge in [-0.1, -0.05) is 11.6 Å². The van der Waals surface area contributed by atoms with Gasteiger partial charge in [-0.2, -0.15) is 0 Å². The fraction of sp³-hybridized carbons (Fsp3) is 0.364. The van der Waals surface area contributed by atoms with E-state index < -0.39 is 5.82 Å². The van der Waals surface area contributed by atoms with E-state index in [1.807, 2.05) is 0 Å². The number of rotatable bonds is 5. The standard InChI is InChI=1S/C11H14ClFN2O2/c1-15(4-5-16)7-11(17)14-10-3-2-8(12)6-9(10)13/h2-3,6,16H,4-5,7H2,1H3,(H,14,17). The van der Waals surface area contributed by atoms with Crippen LogP contribution in [0.5, 0.6) is 0 Å². The molecule has 6 heteroatoms. The fourth-order valence-electron chi connectivity index (χ4n) is 1.28. The second-order valence-corrected chi connectivity index (χ2v) is 4.07. The lowest BCUT2D eigenvalue weighted by Crippen LogP contribution is -2.32. The van der Waals surface area contributed by atoms with E-state index in [4.69, 9.17) is 16.7 Å².